The Labute approximate surface area is 143 Å². The van der Waals surface area contributed by atoms with Crippen LogP contribution in [0.5, 0.6) is 0 Å². The Balaban J connectivity index is 1.80. The molecule has 132 valence electrons. The van der Waals surface area contributed by atoms with E-state index in [-0.39, 0.29) is 18.2 Å². The van der Waals surface area contributed by atoms with Crippen LogP contribution in [0.25, 0.3) is 5.65 Å². The van der Waals surface area contributed by atoms with Gasteiger partial charge in [0, 0.05) is 12.8 Å². The third-order valence-electron chi connectivity index (χ3n) is 3.62. The van der Waals surface area contributed by atoms with Gasteiger partial charge in [-0.25, -0.2) is 14.3 Å². The number of carbonyl (C=O) groups is 1. The molecule has 0 spiro atoms. The summed E-state index contributed by atoms with van der Waals surface area (Å²) in [6.07, 6.45) is 3.10. The van der Waals surface area contributed by atoms with Crippen LogP contribution in [0.4, 0.5) is 0 Å². The zero-order valence-corrected chi connectivity index (χ0v) is 14.1. The van der Waals surface area contributed by atoms with Crippen molar-refractivity contribution in [3.05, 3.63) is 58.5 Å². The van der Waals surface area contributed by atoms with E-state index in [4.69, 9.17) is 9.15 Å². The third-order valence-corrected chi connectivity index (χ3v) is 3.62. The summed E-state index contributed by atoms with van der Waals surface area (Å²) < 4.78 is 12.4. The number of hydrogen-bond acceptors (Lipinski definition) is 5. The number of ether oxygens (including phenoxy) is 1. The van der Waals surface area contributed by atoms with Gasteiger partial charge in [0.2, 0.25) is 0 Å². The molecule has 0 saturated heterocycles. The first-order chi connectivity index (χ1) is 12.1. The highest BCUT2D eigenvalue weighted by Gasteiger charge is 2.21. The van der Waals surface area contributed by atoms with Crippen molar-refractivity contribution >= 4 is 11.6 Å². The maximum absolute atomic E-state index is 12.7. The Hall–Kier alpha value is -2.87. The molecule has 0 aliphatic rings. The fourth-order valence-corrected chi connectivity index (χ4v) is 2.45. The second-order valence-electron chi connectivity index (χ2n) is 6.12. The van der Waals surface area contributed by atoms with Crippen molar-refractivity contribution in [2.45, 2.75) is 19.9 Å². The summed E-state index contributed by atoms with van der Waals surface area (Å²) >= 11 is 0. The van der Waals surface area contributed by atoms with E-state index in [2.05, 4.69) is 29.4 Å². The number of aromatic nitrogens is 3. The normalized spacial score (nSPS) is 12.6. The molecule has 3 heterocycles. The summed E-state index contributed by atoms with van der Waals surface area (Å²) in [4.78, 5) is 24.3. The minimum absolute atomic E-state index is 0.270. The van der Waals surface area contributed by atoms with Gasteiger partial charge >= 0.3 is 5.69 Å². The molecule has 0 aliphatic heterocycles. The Morgan fingerprint density at radius 1 is 1.36 bits per heavy atom. The van der Waals surface area contributed by atoms with E-state index in [1.807, 2.05) is 0 Å². The highest BCUT2D eigenvalue weighted by molar-refractivity contribution is 5.99. The van der Waals surface area contributed by atoms with Crippen LogP contribution in [0, 0.1) is 5.92 Å². The molecule has 0 bridgehead atoms. The molecule has 1 unspecified atom stereocenters. The lowest BCUT2D eigenvalue weighted by molar-refractivity contribution is 0.0731. The smallest absolute Gasteiger partial charge is 0.347 e. The fraction of sp³-hybridized carbons (Fsp3) is 0.353. The number of carbonyl (C=O) groups excluding carboxylic acids is 1. The Kier molecular flexibility index (Phi) is 4.99. The van der Waals surface area contributed by atoms with E-state index in [0.717, 1.165) is 0 Å². The lowest BCUT2D eigenvalue weighted by Crippen LogP contribution is -2.32. The molecule has 0 saturated carbocycles. The Morgan fingerprint density at radius 2 is 2.20 bits per heavy atom. The molecule has 1 amide bonds. The Morgan fingerprint density at radius 3 is 2.92 bits per heavy atom. The molecule has 3 aromatic heterocycles. The number of pyridine rings is 1. The first-order valence-electron chi connectivity index (χ1n) is 8.04. The number of amides is 1. The van der Waals surface area contributed by atoms with Crippen molar-refractivity contribution in [3.8, 4) is 0 Å². The summed E-state index contributed by atoms with van der Waals surface area (Å²) in [6.45, 7) is 4.97. The van der Waals surface area contributed by atoms with Gasteiger partial charge in [-0.15, -0.1) is 0 Å². The number of nitrogens with one attached hydrogen (secondary N) is 2. The maximum Gasteiger partial charge on any atom is 0.347 e. The topological polar surface area (TPSA) is 102 Å². The quantitative estimate of drug-likeness (QED) is 0.680. The minimum atomic E-state index is -0.438. The molecule has 0 radical (unpaired) electrons. The summed E-state index contributed by atoms with van der Waals surface area (Å²) in [5.74, 6) is 0.625. The van der Waals surface area contributed by atoms with Crippen LogP contribution in [0.1, 0.15) is 36.0 Å². The number of hydrogen-bond donors (Lipinski definition) is 2. The number of fused-ring (bicyclic) bond motifs is 1. The molecular formula is C17H20N4O4. The molecule has 25 heavy (non-hydrogen) atoms. The fourth-order valence-electron chi connectivity index (χ4n) is 2.45. The van der Waals surface area contributed by atoms with E-state index >= 15 is 0 Å². The highest BCUT2D eigenvalue weighted by Crippen LogP contribution is 2.16. The van der Waals surface area contributed by atoms with Gasteiger partial charge in [0.05, 0.1) is 18.4 Å². The van der Waals surface area contributed by atoms with Crippen molar-refractivity contribution in [1.29, 1.82) is 0 Å². The summed E-state index contributed by atoms with van der Waals surface area (Å²) in [6, 6.07) is 6.33. The molecular weight excluding hydrogens is 324 g/mol. The van der Waals surface area contributed by atoms with Gasteiger partial charge in [-0.1, -0.05) is 13.8 Å². The minimum Gasteiger partial charge on any atom is -0.467 e. The predicted molar refractivity (Wildman–Crippen MR) is 90.4 cm³/mol. The zero-order chi connectivity index (χ0) is 17.8. The molecule has 0 aromatic carbocycles. The first kappa shape index (κ1) is 17.0. The number of nitrogens with zero attached hydrogens (tertiary/aromatic N) is 2. The number of furan rings is 1. The highest BCUT2D eigenvalue weighted by atomic mass is 16.5. The number of rotatable bonds is 7. The van der Waals surface area contributed by atoms with Crippen LogP contribution in [0.3, 0.4) is 0 Å². The third kappa shape index (κ3) is 3.80. The summed E-state index contributed by atoms with van der Waals surface area (Å²) in [5.41, 5.74) is 0.167. The molecule has 8 nitrogen and oxygen atoms in total. The van der Waals surface area contributed by atoms with Crippen molar-refractivity contribution in [1.82, 2.24) is 19.9 Å². The van der Waals surface area contributed by atoms with E-state index in [1.54, 1.807) is 36.7 Å². The van der Waals surface area contributed by atoms with E-state index < -0.39 is 11.7 Å². The van der Waals surface area contributed by atoms with Crippen LogP contribution in [-0.2, 0) is 4.74 Å². The predicted octanol–water partition coefficient (Wildman–Crippen LogP) is 1.76. The molecule has 0 fully saturated rings. The number of H-pyrrole nitrogens is 1. The molecule has 2 N–H and O–H groups in total. The van der Waals surface area contributed by atoms with Gasteiger partial charge in [0.25, 0.3) is 5.91 Å². The van der Waals surface area contributed by atoms with Crippen molar-refractivity contribution in [2.75, 3.05) is 13.2 Å². The first-order valence-corrected chi connectivity index (χ1v) is 8.04. The monoisotopic (exact) mass is 344 g/mol. The van der Waals surface area contributed by atoms with E-state index in [9.17, 15) is 9.59 Å². The van der Waals surface area contributed by atoms with Crippen molar-refractivity contribution in [3.63, 3.8) is 0 Å². The summed E-state index contributed by atoms with van der Waals surface area (Å²) in [5, 5.41) is 9.12. The van der Waals surface area contributed by atoms with Crippen LogP contribution < -0.4 is 11.0 Å². The van der Waals surface area contributed by atoms with E-state index in [1.165, 1.54) is 4.40 Å². The second-order valence-corrected chi connectivity index (χ2v) is 6.12. The Bertz CT molecular complexity index is 895. The largest absolute Gasteiger partial charge is 0.467 e. The van der Waals surface area contributed by atoms with Gasteiger partial charge in [0.1, 0.15) is 11.8 Å². The maximum atomic E-state index is 12.7. The zero-order valence-electron chi connectivity index (χ0n) is 14.1. The standard InChI is InChI=1S/C17H20N4O4/c1-11(2)9-24-10-13(14-6-4-8-25-14)18-16(22)12-5-3-7-21-15(12)19-20-17(21)23/h3-8,11,13H,9-10H2,1-2H3,(H,18,22)(H,20,23). The molecule has 3 aromatic rings. The lowest BCUT2D eigenvalue weighted by atomic mass is 10.2. The van der Waals surface area contributed by atoms with E-state index in [0.29, 0.717) is 23.8 Å². The summed E-state index contributed by atoms with van der Waals surface area (Å²) in [7, 11) is 0. The van der Waals surface area contributed by atoms with Crippen LogP contribution in [0.15, 0.2) is 45.9 Å². The second kappa shape index (κ2) is 7.35. The van der Waals surface area contributed by atoms with Crippen LogP contribution >= 0.6 is 0 Å². The SMILES string of the molecule is CC(C)COCC(NC(=O)c1cccn2c(=O)[nH]nc12)c1ccco1. The van der Waals surface area contributed by atoms with Gasteiger partial charge in [-0.05, 0) is 30.2 Å². The van der Waals surface area contributed by atoms with Gasteiger partial charge in [0.15, 0.2) is 5.65 Å². The molecule has 8 heteroatoms. The van der Waals surface area contributed by atoms with Crippen molar-refractivity contribution < 1.29 is 13.9 Å². The number of aromatic amines is 1. The van der Waals surface area contributed by atoms with Crippen LogP contribution in [-0.4, -0.2) is 33.7 Å². The van der Waals surface area contributed by atoms with Gasteiger partial charge < -0.3 is 14.5 Å². The molecule has 3 rings (SSSR count). The lowest BCUT2D eigenvalue weighted by Gasteiger charge is -2.18. The van der Waals surface area contributed by atoms with Crippen LogP contribution in [0.2, 0.25) is 0 Å². The average molecular weight is 344 g/mol. The van der Waals surface area contributed by atoms with Gasteiger partial charge in [-0.2, -0.15) is 5.10 Å². The van der Waals surface area contributed by atoms with Gasteiger partial charge in [-0.3, -0.25) is 4.79 Å². The molecule has 0 aliphatic carbocycles. The van der Waals surface area contributed by atoms with Crippen molar-refractivity contribution in [2.24, 2.45) is 5.92 Å². The molecule has 1 atom stereocenters. The average Bonchev–Trinajstić information content (AvgIpc) is 3.24.